The third-order valence-electron chi connectivity index (χ3n) is 4.10. The first kappa shape index (κ1) is 15.2. The number of pyridine rings is 1. The Balaban J connectivity index is 2.50. The molecule has 0 saturated carbocycles. The Morgan fingerprint density at radius 2 is 2.05 bits per heavy atom. The molecule has 1 aromatic rings. The van der Waals surface area contributed by atoms with E-state index in [1.165, 1.54) is 12.5 Å². The van der Waals surface area contributed by atoms with Crippen LogP contribution in [0.3, 0.4) is 0 Å². The average molecular weight is 309 g/mol. The fourth-order valence-corrected chi connectivity index (χ4v) is 7.27. The van der Waals surface area contributed by atoms with Crippen molar-refractivity contribution in [1.82, 2.24) is 4.98 Å². The van der Waals surface area contributed by atoms with Gasteiger partial charge in [0.1, 0.15) is 5.69 Å². The van der Waals surface area contributed by atoms with Crippen LogP contribution >= 0.6 is 0 Å². The van der Waals surface area contributed by atoms with Crippen LogP contribution in [0.2, 0.25) is 38.8 Å². The smallest absolute Gasteiger partial charge is 0.354 e. The van der Waals surface area contributed by atoms with Gasteiger partial charge in [0.05, 0.1) is 14.3 Å². The van der Waals surface area contributed by atoms with E-state index in [4.69, 9.17) is 0 Å². The van der Waals surface area contributed by atoms with Crippen molar-refractivity contribution in [3.05, 3.63) is 18.0 Å². The highest BCUT2D eigenvalue weighted by atomic mass is 28.3. The zero-order valence-corrected chi connectivity index (χ0v) is 15.0. The second kappa shape index (κ2) is 5.00. The Morgan fingerprint density at radius 3 is 2.50 bits per heavy atom. The summed E-state index contributed by atoms with van der Waals surface area (Å²) in [6.45, 7) is 12.4. The molecule has 1 saturated heterocycles. The largest absolute Gasteiger partial charge is 0.477 e. The van der Waals surface area contributed by atoms with Gasteiger partial charge in [0.15, 0.2) is 8.24 Å². The number of aromatic carboxylic acids is 1. The fourth-order valence-electron chi connectivity index (χ4n) is 2.93. The second-order valence-electron chi connectivity index (χ2n) is 7.21. The number of nitrogens with zero attached hydrogens (tertiary/aromatic N) is 2. The highest BCUT2D eigenvalue weighted by Gasteiger charge is 2.36. The van der Waals surface area contributed by atoms with E-state index >= 15 is 0 Å². The number of carboxylic acids is 1. The summed E-state index contributed by atoms with van der Waals surface area (Å²) in [6.07, 6.45) is 3.00. The monoisotopic (exact) mass is 308 g/mol. The summed E-state index contributed by atoms with van der Waals surface area (Å²) in [6, 6.07) is 3.40. The van der Waals surface area contributed by atoms with Crippen LogP contribution in [0.1, 0.15) is 16.9 Å². The molecule has 0 bridgehead atoms. The SMILES string of the molecule is C[Si](C)(C)c1cc(N2CCC[Si]2(C)C)cnc1C(=O)O. The number of anilines is 1. The van der Waals surface area contributed by atoms with Crippen molar-refractivity contribution in [2.24, 2.45) is 0 Å². The molecular weight excluding hydrogens is 284 g/mol. The predicted molar refractivity (Wildman–Crippen MR) is 88.4 cm³/mol. The van der Waals surface area contributed by atoms with Crippen molar-refractivity contribution in [3.8, 4) is 0 Å². The molecular formula is C14H24N2O2Si2. The molecule has 0 atom stereocenters. The van der Waals surface area contributed by atoms with Gasteiger partial charge in [-0.1, -0.05) is 32.7 Å². The van der Waals surface area contributed by atoms with Crippen LogP contribution in [0, 0.1) is 0 Å². The Kier molecular flexibility index (Phi) is 3.81. The topological polar surface area (TPSA) is 53.4 Å². The maximum atomic E-state index is 11.4. The lowest BCUT2D eigenvalue weighted by molar-refractivity contribution is 0.0692. The van der Waals surface area contributed by atoms with Gasteiger partial charge in [0.25, 0.3) is 0 Å². The molecule has 0 unspecified atom stereocenters. The minimum absolute atomic E-state index is 0.242. The lowest BCUT2D eigenvalue weighted by atomic mass is 10.3. The Morgan fingerprint density at radius 1 is 1.40 bits per heavy atom. The van der Waals surface area contributed by atoms with Crippen molar-refractivity contribution in [2.45, 2.75) is 45.2 Å². The van der Waals surface area contributed by atoms with E-state index in [1.807, 2.05) is 0 Å². The van der Waals surface area contributed by atoms with E-state index in [9.17, 15) is 9.90 Å². The number of carboxylic acid groups (broad SMARTS) is 1. The van der Waals surface area contributed by atoms with Gasteiger partial charge in [-0.05, 0) is 23.7 Å². The van der Waals surface area contributed by atoms with Crippen molar-refractivity contribution in [1.29, 1.82) is 0 Å². The molecule has 2 rings (SSSR count). The average Bonchev–Trinajstić information content (AvgIpc) is 2.67. The second-order valence-corrected chi connectivity index (χ2v) is 16.9. The molecule has 2 heterocycles. The van der Waals surface area contributed by atoms with Crippen LogP contribution in [0.15, 0.2) is 12.3 Å². The van der Waals surface area contributed by atoms with Gasteiger partial charge in [0.2, 0.25) is 0 Å². The molecule has 0 aromatic carbocycles. The van der Waals surface area contributed by atoms with Crippen LogP contribution in [-0.2, 0) is 0 Å². The minimum atomic E-state index is -1.72. The number of rotatable bonds is 3. The van der Waals surface area contributed by atoms with Gasteiger partial charge in [0, 0.05) is 12.2 Å². The standard InChI is InChI=1S/C14H24N2O2Si2/c1-19(2,3)12-9-11(10-15-13(12)14(17)18)16-7-6-8-20(16,4)5/h9-10H,6-8H2,1-5H3,(H,17,18). The number of carbonyl (C=O) groups is 1. The zero-order valence-electron chi connectivity index (χ0n) is 13.0. The summed E-state index contributed by atoms with van der Waals surface area (Å²) in [5.74, 6) is -0.910. The normalized spacial score (nSPS) is 18.4. The Hall–Kier alpha value is -1.15. The molecule has 4 nitrogen and oxygen atoms in total. The quantitative estimate of drug-likeness (QED) is 0.872. The lowest BCUT2D eigenvalue weighted by Gasteiger charge is -2.33. The first-order valence-electron chi connectivity index (χ1n) is 7.14. The van der Waals surface area contributed by atoms with Crippen LogP contribution in [0.5, 0.6) is 0 Å². The molecule has 6 heteroatoms. The molecule has 1 aliphatic heterocycles. The third kappa shape index (κ3) is 2.81. The molecule has 0 aliphatic carbocycles. The Bertz CT molecular complexity index is 538. The minimum Gasteiger partial charge on any atom is -0.477 e. The molecule has 1 N–H and O–H groups in total. The van der Waals surface area contributed by atoms with Crippen molar-refractivity contribution >= 4 is 33.2 Å². The summed E-state index contributed by atoms with van der Waals surface area (Å²) < 4.78 is 2.50. The number of hydrogen-bond donors (Lipinski definition) is 1. The third-order valence-corrected chi connectivity index (χ3v) is 9.61. The summed E-state index contributed by atoms with van der Waals surface area (Å²) >= 11 is 0. The van der Waals surface area contributed by atoms with Crippen LogP contribution in [0.4, 0.5) is 5.69 Å². The van der Waals surface area contributed by atoms with Gasteiger partial charge in [-0.2, -0.15) is 0 Å². The van der Waals surface area contributed by atoms with Crippen molar-refractivity contribution < 1.29 is 9.90 Å². The maximum Gasteiger partial charge on any atom is 0.354 e. The van der Waals surface area contributed by atoms with Crippen LogP contribution in [0.25, 0.3) is 0 Å². The fraction of sp³-hybridized carbons (Fsp3) is 0.571. The van der Waals surface area contributed by atoms with Gasteiger partial charge in [-0.3, -0.25) is 0 Å². The van der Waals surface area contributed by atoms with E-state index in [0.717, 1.165) is 17.4 Å². The Labute approximate surface area is 122 Å². The predicted octanol–water partition coefficient (Wildman–Crippen LogP) is 2.74. The van der Waals surface area contributed by atoms with E-state index in [1.54, 1.807) is 6.20 Å². The van der Waals surface area contributed by atoms with Gasteiger partial charge < -0.3 is 9.67 Å². The molecule has 1 fully saturated rings. The van der Waals surface area contributed by atoms with Crippen molar-refractivity contribution in [2.75, 3.05) is 11.1 Å². The summed E-state index contributed by atoms with van der Waals surface area (Å²) in [7, 11) is -3.10. The number of aromatic nitrogens is 1. The lowest BCUT2D eigenvalue weighted by Crippen LogP contribution is -2.46. The molecule has 20 heavy (non-hydrogen) atoms. The first-order valence-corrected chi connectivity index (χ1v) is 13.8. The molecule has 110 valence electrons. The summed E-state index contributed by atoms with van der Waals surface area (Å²) in [4.78, 5) is 15.7. The van der Waals surface area contributed by atoms with Gasteiger partial charge >= 0.3 is 5.97 Å². The summed E-state index contributed by atoms with van der Waals surface area (Å²) in [5, 5.41) is 10.3. The van der Waals surface area contributed by atoms with E-state index in [0.29, 0.717) is 0 Å². The molecule has 1 aromatic heterocycles. The van der Waals surface area contributed by atoms with Crippen LogP contribution < -0.4 is 9.75 Å². The van der Waals surface area contributed by atoms with Gasteiger partial charge in [-0.15, -0.1) is 0 Å². The number of hydrogen-bond acceptors (Lipinski definition) is 3. The molecule has 0 radical (unpaired) electrons. The van der Waals surface area contributed by atoms with Gasteiger partial charge in [-0.25, -0.2) is 9.78 Å². The maximum absolute atomic E-state index is 11.4. The highest BCUT2D eigenvalue weighted by molar-refractivity contribution is 6.89. The molecule has 0 spiro atoms. The van der Waals surface area contributed by atoms with E-state index in [-0.39, 0.29) is 5.69 Å². The van der Waals surface area contributed by atoms with Crippen molar-refractivity contribution in [3.63, 3.8) is 0 Å². The first-order chi connectivity index (χ1) is 9.13. The van der Waals surface area contributed by atoms with E-state index in [2.05, 4.69) is 48.4 Å². The molecule has 1 aliphatic rings. The summed E-state index contributed by atoms with van der Waals surface area (Å²) in [5.41, 5.74) is 1.37. The van der Waals surface area contributed by atoms with Crippen LogP contribution in [-0.4, -0.2) is 38.9 Å². The van der Waals surface area contributed by atoms with E-state index < -0.39 is 22.3 Å². The zero-order chi connectivity index (χ0) is 15.1. The molecule has 0 amide bonds. The highest BCUT2D eigenvalue weighted by Crippen LogP contribution is 2.31.